The highest BCUT2D eigenvalue weighted by atomic mass is 32.2. The van der Waals surface area contributed by atoms with Crippen LogP contribution in [0.25, 0.3) is 0 Å². The Hall–Kier alpha value is -0.380. The summed E-state index contributed by atoms with van der Waals surface area (Å²) < 4.78 is 22.4. The van der Waals surface area contributed by atoms with Crippen LogP contribution in [0.4, 0.5) is 0 Å². The van der Waals surface area contributed by atoms with Crippen LogP contribution < -0.4 is 0 Å². The monoisotopic (exact) mass is 176 g/mol. The number of hydrogen-bond donors (Lipinski definition) is 0. The van der Waals surface area contributed by atoms with Crippen LogP contribution in [0.15, 0.2) is 0 Å². The van der Waals surface area contributed by atoms with Gasteiger partial charge in [0.15, 0.2) is 15.6 Å². The maximum Gasteiger partial charge on any atom is 0.159 e. The second-order valence-corrected chi connectivity index (χ2v) is 5.27. The third-order valence-electron chi connectivity index (χ3n) is 2.08. The Morgan fingerprint density at radius 1 is 1.55 bits per heavy atom. The van der Waals surface area contributed by atoms with Crippen molar-refractivity contribution < 1.29 is 13.2 Å². The third-order valence-corrected chi connectivity index (χ3v) is 4.25. The summed E-state index contributed by atoms with van der Waals surface area (Å²) in [6.07, 6.45) is 1.72. The number of rotatable bonds is 2. The van der Waals surface area contributed by atoms with E-state index in [1.54, 1.807) is 6.92 Å². The number of carbonyl (C=O) groups is 1. The number of sulfone groups is 1. The molecule has 1 fully saturated rings. The van der Waals surface area contributed by atoms with Crippen molar-refractivity contribution in [1.82, 2.24) is 0 Å². The van der Waals surface area contributed by atoms with Crippen molar-refractivity contribution in [2.75, 3.05) is 5.75 Å². The van der Waals surface area contributed by atoms with Gasteiger partial charge in [-0.05, 0) is 12.8 Å². The van der Waals surface area contributed by atoms with Gasteiger partial charge in [-0.1, -0.05) is 6.92 Å². The first-order valence-corrected chi connectivity index (χ1v) is 5.53. The smallest absolute Gasteiger partial charge is 0.159 e. The summed E-state index contributed by atoms with van der Waals surface area (Å²) in [6.45, 7) is 1.58. The van der Waals surface area contributed by atoms with Crippen molar-refractivity contribution >= 4 is 15.6 Å². The lowest BCUT2D eigenvalue weighted by molar-refractivity contribution is -0.117. The van der Waals surface area contributed by atoms with Gasteiger partial charge in [0.2, 0.25) is 0 Å². The van der Waals surface area contributed by atoms with Gasteiger partial charge in [0, 0.05) is 12.2 Å². The zero-order valence-corrected chi connectivity index (χ0v) is 7.36. The molecule has 64 valence electrons. The van der Waals surface area contributed by atoms with E-state index in [1.165, 1.54) is 0 Å². The van der Waals surface area contributed by atoms with Crippen LogP contribution in [0.3, 0.4) is 0 Å². The fourth-order valence-corrected chi connectivity index (χ4v) is 2.81. The van der Waals surface area contributed by atoms with Crippen LogP contribution in [0.2, 0.25) is 0 Å². The maximum absolute atomic E-state index is 11.2. The molecule has 0 aromatic heterocycles. The number of carbonyl (C=O) groups excluding carboxylic acids is 1. The van der Waals surface area contributed by atoms with Crippen molar-refractivity contribution in [3.8, 4) is 0 Å². The van der Waals surface area contributed by atoms with Crippen LogP contribution in [0, 0.1) is 0 Å². The molecule has 0 spiro atoms. The van der Waals surface area contributed by atoms with Crippen LogP contribution in [-0.4, -0.2) is 25.2 Å². The average molecular weight is 176 g/mol. The summed E-state index contributed by atoms with van der Waals surface area (Å²) in [4.78, 5) is 11.0. The summed E-state index contributed by atoms with van der Waals surface area (Å²) in [7, 11) is -3.10. The maximum atomic E-state index is 11.2. The molecule has 0 amide bonds. The van der Waals surface area contributed by atoms with Crippen LogP contribution in [-0.2, 0) is 14.6 Å². The van der Waals surface area contributed by atoms with E-state index in [2.05, 4.69) is 0 Å². The number of ketones is 1. The molecule has 4 heteroatoms. The lowest BCUT2D eigenvalue weighted by Crippen LogP contribution is -2.26. The Morgan fingerprint density at radius 3 is 2.55 bits per heavy atom. The van der Waals surface area contributed by atoms with Crippen molar-refractivity contribution in [2.24, 2.45) is 0 Å². The lowest BCUT2D eigenvalue weighted by atomic mass is 10.3. The van der Waals surface area contributed by atoms with Crippen LogP contribution >= 0.6 is 0 Å². The predicted molar refractivity (Wildman–Crippen MR) is 42.1 cm³/mol. The highest BCUT2D eigenvalue weighted by molar-refractivity contribution is 7.92. The Balaban J connectivity index is 2.83. The molecule has 0 radical (unpaired) electrons. The topological polar surface area (TPSA) is 51.2 Å². The molecule has 0 N–H and O–H groups in total. The number of hydrogen-bond acceptors (Lipinski definition) is 3. The van der Waals surface area contributed by atoms with Crippen LogP contribution in [0.5, 0.6) is 0 Å². The first-order chi connectivity index (χ1) is 5.08. The minimum absolute atomic E-state index is 0.0867. The first-order valence-electron chi connectivity index (χ1n) is 3.82. The van der Waals surface area contributed by atoms with E-state index in [4.69, 9.17) is 0 Å². The van der Waals surface area contributed by atoms with E-state index in [1.807, 2.05) is 0 Å². The Morgan fingerprint density at radius 2 is 2.18 bits per heavy atom. The zero-order chi connectivity index (χ0) is 8.48. The molecule has 1 aliphatic rings. The summed E-state index contributed by atoms with van der Waals surface area (Å²) in [5, 5.41) is -0.674. The summed E-state index contributed by atoms with van der Waals surface area (Å²) in [5.74, 6) is -0.00417. The fourth-order valence-electron chi connectivity index (χ4n) is 1.36. The minimum Gasteiger partial charge on any atom is -0.298 e. The fraction of sp³-hybridized carbons (Fsp3) is 0.857. The Bertz CT molecular complexity index is 253. The van der Waals surface area contributed by atoms with Crippen molar-refractivity contribution in [1.29, 1.82) is 0 Å². The molecule has 0 saturated heterocycles. The van der Waals surface area contributed by atoms with Crippen molar-refractivity contribution in [3.05, 3.63) is 0 Å². The van der Waals surface area contributed by atoms with E-state index in [9.17, 15) is 13.2 Å². The molecule has 1 saturated carbocycles. The highest BCUT2D eigenvalue weighted by Gasteiger charge is 2.34. The minimum atomic E-state index is -3.10. The van der Waals surface area contributed by atoms with Crippen LogP contribution in [0.1, 0.15) is 26.2 Å². The summed E-state index contributed by atoms with van der Waals surface area (Å²) in [5.41, 5.74) is 0. The van der Waals surface area contributed by atoms with Gasteiger partial charge in [0.1, 0.15) is 5.25 Å². The van der Waals surface area contributed by atoms with E-state index >= 15 is 0 Å². The number of Topliss-reactive ketones (excluding diaryl/α,β-unsaturated/α-hetero) is 1. The molecular weight excluding hydrogens is 164 g/mol. The molecule has 0 aromatic rings. The Kier molecular flexibility index (Phi) is 2.32. The standard InChI is InChI=1S/C7H12O3S/c1-2-11(9,10)7-5-3-4-6(7)8/h7H,2-5H2,1H3. The Labute approximate surface area is 66.7 Å². The van der Waals surface area contributed by atoms with E-state index in [0.29, 0.717) is 12.8 Å². The molecule has 0 bridgehead atoms. The van der Waals surface area contributed by atoms with E-state index in [0.717, 1.165) is 6.42 Å². The molecule has 1 aliphatic carbocycles. The third kappa shape index (κ3) is 1.61. The van der Waals surface area contributed by atoms with Gasteiger partial charge in [0.25, 0.3) is 0 Å². The second-order valence-electron chi connectivity index (χ2n) is 2.80. The van der Waals surface area contributed by atoms with Gasteiger partial charge in [-0.25, -0.2) is 8.42 Å². The molecule has 3 nitrogen and oxygen atoms in total. The molecule has 1 atom stereocenters. The molecule has 0 aliphatic heterocycles. The first kappa shape index (κ1) is 8.71. The quantitative estimate of drug-likeness (QED) is 0.617. The molecule has 1 rings (SSSR count). The molecule has 0 heterocycles. The zero-order valence-electron chi connectivity index (χ0n) is 6.54. The lowest BCUT2D eigenvalue weighted by Gasteiger charge is -2.05. The predicted octanol–water partition coefficient (Wildman–Crippen LogP) is 0.543. The SMILES string of the molecule is CCS(=O)(=O)C1CCCC1=O. The van der Waals surface area contributed by atoms with Gasteiger partial charge in [-0.3, -0.25) is 4.79 Å². The van der Waals surface area contributed by atoms with Gasteiger partial charge >= 0.3 is 0 Å². The largest absolute Gasteiger partial charge is 0.298 e. The normalized spacial score (nSPS) is 25.9. The summed E-state index contributed by atoms with van der Waals surface area (Å²) >= 11 is 0. The molecular formula is C7H12O3S. The van der Waals surface area contributed by atoms with Gasteiger partial charge in [-0.2, -0.15) is 0 Å². The van der Waals surface area contributed by atoms with Crippen molar-refractivity contribution in [3.63, 3.8) is 0 Å². The van der Waals surface area contributed by atoms with Gasteiger partial charge < -0.3 is 0 Å². The van der Waals surface area contributed by atoms with E-state index in [-0.39, 0.29) is 11.5 Å². The molecule has 0 aromatic carbocycles. The highest BCUT2D eigenvalue weighted by Crippen LogP contribution is 2.21. The average Bonchev–Trinajstić information content (AvgIpc) is 2.36. The van der Waals surface area contributed by atoms with Gasteiger partial charge in [-0.15, -0.1) is 0 Å². The summed E-state index contributed by atoms with van der Waals surface area (Å²) in [6, 6.07) is 0. The van der Waals surface area contributed by atoms with Crippen molar-refractivity contribution in [2.45, 2.75) is 31.4 Å². The molecule has 11 heavy (non-hydrogen) atoms. The molecule has 1 unspecified atom stereocenters. The second kappa shape index (κ2) is 2.93. The van der Waals surface area contributed by atoms with Gasteiger partial charge in [0.05, 0.1) is 0 Å². The van der Waals surface area contributed by atoms with E-state index < -0.39 is 15.1 Å².